The van der Waals surface area contributed by atoms with Gasteiger partial charge < -0.3 is 5.32 Å². The van der Waals surface area contributed by atoms with Crippen LogP contribution in [0.5, 0.6) is 0 Å². The van der Waals surface area contributed by atoms with Gasteiger partial charge in [0, 0.05) is 28.0 Å². The minimum absolute atomic E-state index is 0.0709. The predicted molar refractivity (Wildman–Crippen MR) is 138 cm³/mol. The number of halogens is 1. The van der Waals surface area contributed by atoms with Crippen molar-refractivity contribution in [1.29, 1.82) is 5.26 Å². The highest BCUT2D eigenvalue weighted by molar-refractivity contribution is 9.10. The summed E-state index contributed by atoms with van der Waals surface area (Å²) < 4.78 is 0.807. The van der Waals surface area contributed by atoms with Crippen LogP contribution in [0.1, 0.15) is 5.56 Å². The molecule has 0 radical (unpaired) electrons. The lowest BCUT2D eigenvalue weighted by atomic mass is 10.1. The van der Waals surface area contributed by atoms with Gasteiger partial charge in [0.1, 0.15) is 16.7 Å². The van der Waals surface area contributed by atoms with E-state index in [1.165, 1.54) is 17.0 Å². The van der Waals surface area contributed by atoms with E-state index in [1.807, 2.05) is 6.07 Å². The zero-order valence-corrected chi connectivity index (χ0v) is 20.5. The van der Waals surface area contributed by atoms with Gasteiger partial charge in [0.15, 0.2) is 0 Å². The monoisotopic (exact) mass is 548 g/mol. The smallest absolute Gasteiger partial charge is 0.269 e. The molecule has 0 spiro atoms. The van der Waals surface area contributed by atoms with Gasteiger partial charge in [-0.25, -0.2) is 0 Å². The van der Waals surface area contributed by atoms with E-state index < -0.39 is 16.1 Å². The van der Waals surface area contributed by atoms with Crippen LogP contribution in [0.25, 0.3) is 0 Å². The number of rotatable bonds is 6. The Hall–Kier alpha value is -3.94. The highest BCUT2D eigenvalue weighted by atomic mass is 79.9. The minimum Gasteiger partial charge on any atom is -0.321 e. The fourth-order valence-corrected chi connectivity index (χ4v) is 5.11. The van der Waals surface area contributed by atoms with Crippen molar-refractivity contribution in [1.82, 2.24) is 0 Å². The first-order chi connectivity index (χ1) is 16.9. The Kier molecular flexibility index (Phi) is 7.29. The number of nitro groups is 1. The van der Waals surface area contributed by atoms with Crippen molar-refractivity contribution < 1.29 is 14.5 Å². The second kappa shape index (κ2) is 10.5. The normalized spacial score (nSPS) is 16.5. The number of nitrogens with zero attached hydrogens (tertiary/aromatic N) is 3. The topological polar surface area (TPSA) is 116 Å². The van der Waals surface area contributed by atoms with E-state index in [0.29, 0.717) is 16.9 Å². The summed E-state index contributed by atoms with van der Waals surface area (Å²) in [6.07, 6.45) is 0.195. The van der Waals surface area contributed by atoms with Gasteiger partial charge in [-0.3, -0.25) is 24.6 Å². The molecule has 10 heteroatoms. The molecule has 3 aromatic carbocycles. The number of benzene rings is 3. The average Bonchev–Trinajstić information content (AvgIpc) is 3.16. The van der Waals surface area contributed by atoms with Gasteiger partial charge in [0.2, 0.25) is 5.91 Å². The molecule has 3 aromatic rings. The van der Waals surface area contributed by atoms with Crippen LogP contribution in [0.2, 0.25) is 0 Å². The van der Waals surface area contributed by atoms with Gasteiger partial charge in [-0.2, -0.15) is 5.26 Å². The molecule has 1 atom stereocenters. The van der Waals surface area contributed by atoms with Crippen molar-refractivity contribution in [2.45, 2.75) is 11.7 Å². The molecular formula is C25H17BrN4O4S. The molecule has 1 aliphatic rings. The summed E-state index contributed by atoms with van der Waals surface area (Å²) in [4.78, 5) is 38.6. The summed E-state index contributed by atoms with van der Waals surface area (Å²) in [5.74, 6) is -0.953. The molecule has 2 amide bonds. The number of anilines is 2. The van der Waals surface area contributed by atoms with Gasteiger partial charge in [0.05, 0.1) is 10.2 Å². The molecule has 1 fully saturated rings. The summed E-state index contributed by atoms with van der Waals surface area (Å²) in [5, 5.41) is 23.3. The standard InChI is InChI=1S/C25H17BrN4O4S/c26-17-9-11-19(12-10-17)29-24(32)22(14-16-5-4-8-20(13-16)30(33)34)35-25(29)21(15-27)23(31)28-18-6-2-1-3-7-18/h1-13,22H,14H2,(H,28,31). The second-order valence-electron chi connectivity index (χ2n) is 7.50. The maximum atomic E-state index is 13.5. The molecule has 1 N–H and O–H groups in total. The van der Waals surface area contributed by atoms with Crippen LogP contribution >= 0.6 is 27.7 Å². The Morgan fingerprint density at radius 3 is 2.49 bits per heavy atom. The largest absolute Gasteiger partial charge is 0.321 e. The quantitative estimate of drug-likeness (QED) is 0.190. The molecule has 0 bridgehead atoms. The number of amides is 2. The number of carbonyl (C=O) groups is 2. The number of hydrogen-bond acceptors (Lipinski definition) is 6. The predicted octanol–water partition coefficient (Wildman–Crippen LogP) is 5.42. The molecule has 4 rings (SSSR count). The van der Waals surface area contributed by atoms with E-state index in [-0.39, 0.29) is 28.6 Å². The summed E-state index contributed by atoms with van der Waals surface area (Å²) in [7, 11) is 0. The first-order valence-electron chi connectivity index (χ1n) is 10.4. The lowest BCUT2D eigenvalue weighted by Crippen LogP contribution is -2.30. The van der Waals surface area contributed by atoms with E-state index in [4.69, 9.17) is 0 Å². The maximum absolute atomic E-state index is 13.5. The molecule has 1 aliphatic heterocycles. The molecular weight excluding hydrogens is 532 g/mol. The van der Waals surface area contributed by atoms with Gasteiger partial charge in [0.25, 0.3) is 11.6 Å². The van der Waals surface area contributed by atoms with Crippen molar-refractivity contribution in [3.63, 3.8) is 0 Å². The molecule has 0 saturated carbocycles. The van der Waals surface area contributed by atoms with Crippen molar-refractivity contribution in [2.75, 3.05) is 10.2 Å². The van der Waals surface area contributed by atoms with Crippen LogP contribution in [-0.4, -0.2) is 22.0 Å². The molecule has 174 valence electrons. The Morgan fingerprint density at radius 2 is 1.83 bits per heavy atom. The first kappa shape index (κ1) is 24.2. The van der Waals surface area contributed by atoms with E-state index in [9.17, 15) is 25.0 Å². The summed E-state index contributed by atoms with van der Waals surface area (Å²) in [5.41, 5.74) is 1.36. The molecule has 0 aliphatic carbocycles. The zero-order valence-electron chi connectivity index (χ0n) is 18.1. The summed E-state index contributed by atoms with van der Waals surface area (Å²) in [6, 6.07) is 23.7. The number of carbonyl (C=O) groups excluding carboxylic acids is 2. The van der Waals surface area contributed by atoms with Crippen LogP contribution in [0.3, 0.4) is 0 Å². The number of nitro benzene ring substituents is 1. The molecule has 1 saturated heterocycles. The van der Waals surface area contributed by atoms with E-state index >= 15 is 0 Å². The third kappa shape index (κ3) is 5.42. The minimum atomic E-state index is -0.677. The van der Waals surface area contributed by atoms with Gasteiger partial charge in [-0.15, -0.1) is 0 Å². The molecule has 8 nitrogen and oxygen atoms in total. The van der Waals surface area contributed by atoms with E-state index in [1.54, 1.807) is 66.7 Å². The highest BCUT2D eigenvalue weighted by Crippen LogP contribution is 2.42. The number of hydrogen-bond donors (Lipinski definition) is 1. The third-order valence-corrected chi connectivity index (χ3v) is 6.96. The van der Waals surface area contributed by atoms with Crippen LogP contribution in [0.15, 0.2) is 93.9 Å². The number of nitriles is 1. The lowest BCUT2D eigenvalue weighted by Gasteiger charge is -2.19. The molecule has 35 heavy (non-hydrogen) atoms. The van der Waals surface area contributed by atoms with Crippen LogP contribution in [0.4, 0.5) is 17.1 Å². The van der Waals surface area contributed by atoms with Crippen molar-refractivity contribution in [3.8, 4) is 6.07 Å². The number of nitrogens with one attached hydrogen (secondary N) is 1. The van der Waals surface area contributed by atoms with Crippen LogP contribution < -0.4 is 10.2 Å². The Bertz CT molecular complexity index is 1370. The lowest BCUT2D eigenvalue weighted by molar-refractivity contribution is -0.384. The summed E-state index contributed by atoms with van der Waals surface area (Å²) in [6.45, 7) is 0. The average molecular weight is 549 g/mol. The summed E-state index contributed by atoms with van der Waals surface area (Å²) >= 11 is 4.47. The molecule has 1 heterocycles. The SMILES string of the molecule is N#CC(C(=O)Nc1ccccc1)=C1SC(Cc2cccc([N+](=O)[O-])c2)C(=O)N1c1ccc(Br)cc1. The van der Waals surface area contributed by atoms with Crippen molar-refractivity contribution in [3.05, 3.63) is 110 Å². The number of non-ortho nitro benzene ring substituents is 1. The fourth-order valence-electron chi connectivity index (χ4n) is 3.54. The Balaban J connectivity index is 1.72. The highest BCUT2D eigenvalue weighted by Gasteiger charge is 2.41. The third-order valence-electron chi connectivity index (χ3n) is 5.16. The van der Waals surface area contributed by atoms with Gasteiger partial charge in [-0.05, 0) is 48.4 Å². The maximum Gasteiger partial charge on any atom is 0.269 e. The van der Waals surface area contributed by atoms with Gasteiger partial charge in [-0.1, -0.05) is 58.0 Å². The number of para-hydroxylation sites is 1. The Morgan fingerprint density at radius 1 is 1.11 bits per heavy atom. The van der Waals surface area contributed by atoms with E-state index in [2.05, 4.69) is 21.2 Å². The fraction of sp³-hybridized carbons (Fsp3) is 0.0800. The Labute approximate surface area is 213 Å². The van der Waals surface area contributed by atoms with Crippen LogP contribution in [0, 0.1) is 21.4 Å². The molecule has 1 unspecified atom stereocenters. The van der Waals surface area contributed by atoms with Crippen molar-refractivity contribution >= 4 is 56.6 Å². The van der Waals surface area contributed by atoms with Gasteiger partial charge >= 0.3 is 0 Å². The zero-order chi connectivity index (χ0) is 24.9. The molecule has 0 aromatic heterocycles. The second-order valence-corrected chi connectivity index (χ2v) is 9.61. The number of thioether (sulfide) groups is 1. The first-order valence-corrected chi connectivity index (χ1v) is 12.0. The van der Waals surface area contributed by atoms with E-state index in [0.717, 1.165) is 16.2 Å². The van der Waals surface area contributed by atoms with Crippen LogP contribution in [-0.2, 0) is 16.0 Å². The van der Waals surface area contributed by atoms with Crippen molar-refractivity contribution in [2.24, 2.45) is 0 Å².